The van der Waals surface area contributed by atoms with Gasteiger partial charge in [-0.1, -0.05) is 36.7 Å². The molecule has 3 atom stereocenters. The number of anilines is 1. The Bertz CT molecular complexity index is 1170. The summed E-state index contributed by atoms with van der Waals surface area (Å²) in [5, 5.41) is 7.44. The maximum absolute atomic E-state index is 12.7. The highest BCUT2D eigenvalue weighted by Gasteiger charge is 2.34. The number of rotatable bonds is 5. The first-order chi connectivity index (χ1) is 19.1. The van der Waals surface area contributed by atoms with Gasteiger partial charge in [0.1, 0.15) is 11.9 Å². The van der Waals surface area contributed by atoms with Crippen molar-refractivity contribution in [3.8, 4) is 5.75 Å². The maximum Gasteiger partial charge on any atom is 0.321 e. The molecule has 0 spiro atoms. The van der Waals surface area contributed by atoms with Crippen LogP contribution >= 0.6 is 11.6 Å². The standard InChI is InChI=1S/C25H30ClN3O2.C7H9N/c26-19-3-1-17(2-4-19)18-11-13-29(14-12-18)25(30)28-20-7-9-23(10-8-20)31-24-15-21-5-6-22(16-24)27-21;1-2-7-4-3-5-8-6-7/h1-4,7-10,18,21-22,24,27H,5-6,11-16H2,(H,28,30);3-6H,2H2,1H3/t21-,22+,24?;. The SMILES string of the molecule is CCc1cccnc1.O=C(Nc1ccc(OC2C[C@H]3CC[C@@H](C2)N3)cc1)N1CCC(c2ccc(Cl)cc2)CC1. The topological polar surface area (TPSA) is 66.5 Å². The van der Waals surface area contributed by atoms with E-state index >= 15 is 0 Å². The second-order valence-corrected chi connectivity index (χ2v) is 11.3. The zero-order chi connectivity index (χ0) is 27.0. The molecule has 0 radical (unpaired) electrons. The largest absolute Gasteiger partial charge is 0.490 e. The van der Waals surface area contributed by atoms with Crippen molar-refractivity contribution in [2.75, 3.05) is 18.4 Å². The summed E-state index contributed by atoms with van der Waals surface area (Å²) < 4.78 is 6.20. The van der Waals surface area contributed by atoms with E-state index < -0.39 is 0 Å². The first-order valence-corrected chi connectivity index (χ1v) is 14.7. The Hall–Kier alpha value is -3.09. The Morgan fingerprint density at radius 3 is 2.28 bits per heavy atom. The van der Waals surface area contributed by atoms with Gasteiger partial charge in [0.2, 0.25) is 0 Å². The molecule has 4 heterocycles. The van der Waals surface area contributed by atoms with Gasteiger partial charge in [-0.3, -0.25) is 4.98 Å². The molecular weight excluding hydrogens is 508 g/mol. The number of aryl methyl sites for hydroxylation is 1. The number of hydrogen-bond acceptors (Lipinski definition) is 4. The number of benzene rings is 2. The molecule has 3 aliphatic rings. The van der Waals surface area contributed by atoms with Gasteiger partial charge in [0.25, 0.3) is 0 Å². The number of hydrogen-bond donors (Lipinski definition) is 2. The Balaban J connectivity index is 0.000000332. The third-order valence-electron chi connectivity index (χ3n) is 8.09. The fourth-order valence-electron chi connectivity index (χ4n) is 5.87. The van der Waals surface area contributed by atoms with Crippen LogP contribution < -0.4 is 15.4 Å². The summed E-state index contributed by atoms with van der Waals surface area (Å²) >= 11 is 5.99. The lowest BCUT2D eigenvalue weighted by molar-refractivity contribution is 0.137. The predicted octanol–water partition coefficient (Wildman–Crippen LogP) is 7.06. The van der Waals surface area contributed by atoms with Crippen LogP contribution in [0.1, 0.15) is 62.5 Å². The van der Waals surface area contributed by atoms with E-state index in [1.807, 2.05) is 53.6 Å². The lowest BCUT2D eigenvalue weighted by atomic mass is 9.89. The molecule has 3 aliphatic heterocycles. The van der Waals surface area contributed by atoms with E-state index in [0.29, 0.717) is 24.1 Å². The molecule has 206 valence electrons. The van der Waals surface area contributed by atoms with Crippen molar-refractivity contribution in [2.24, 2.45) is 0 Å². The lowest BCUT2D eigenvalue weighted by Gasteiger charge is -2.32. The van der Waals surface area contributed by atoms with Crippen molar-refractivity contribution in [1.82, 2.24) is 15.2 Å². The second-order valence-electron chi connectivity index (χ2n) is 10.8. The monoisotopic (exact) mass is 546 g/mol. The van der Waals surface area contributed by atoms with Crippen LogP contribution in [0, 0.1) is 0 Å². The third-order valence-corrected chi connectivity index (χ3v) is 8.34. The molecule has 3 aromatic rings. The van der Waals surface area contributed by atoms with Crippen LogP contribution in [0.3, 0.4) is 0 Å². The van der Waals surface area contributed by atoms with E-state index in [-0.39, 0.29) is 6.03 Å². The highest BCUT2D eigenvalue weighted by Crippen LogP contribution is 2.31. The van der Waals surface area contributed by atoms with Crippen LogP contribution in [0.15, 0.2) is 73.1 Å². The molecule has 3 saturated heterocycles. The van der Waals surface area contributed by atoms with Gasteiger partial charge in [-0.05, 0) is 104 Å². The van der Waals surface area contributed by atoms with Gasteiger partial charge in [-0.2, -0.15) is 0 Å². The first kappa shape index (κ1) is 27.5. The van der Waals surface area contributed by atoms with E-state index in [4.69, 9.17) is 16.3 Å². The molecule has 6 rings (SSSR count). The van der Waals surface area contributed by atoms with E-state index in [0.717, 1.165) is 61.7 Å². The molecule has 1 aromatic heterocycles. The Labute approximate surface area is 237 Å². The number of nitrogens with zero attached hydrogens (tertiary/aromatic N) is 2. The van der Waals surface area contributed by atoms with E-state index in [1.54, 1.807) is 6.20 Å². The lowest BCUT2D eigenvalue weighted by Crippen LogP contribution is -2.42. The zero-order valence-electron chi connectivity index (χ0n) is 22.7. The van der Waals surface area contributed by atoms with Crippen LogP contribution in [0.25, 0.3) is 0 Å². The fourth-order valence-corrected chi connectivity index (χ4v) is 6.00. The molecule has 3 fully saturated rings. The van der Waals surface area contributed by atoms with Crippen LogP contribution in [-0.4, -0.2) is 47.2 Å². The number of aromatic nitrogens is 1. The van der Waals surface area contributed by atoms with E-state index in [2.05, 4.69) is 40.7 Å². The molecule has 0 aliphatic carbocycles. The molecule has 6 nitrogen and oxygen atoms in total. The van der Waals surface area contributed by atoms with Crippen molar-refractivity contribution in [3.05, 3.63) is 89.2 Å². The molecule has 2 N–H and O–H groups in total. The van der Waals surface area contributed by atoms with Gasteiger partial charge in [0, 0.05) is 48.3 Å². The van der Waals surface area contributed by atoms with Crippen molar-refractivity contribution in [1.29, 1.82) is 0 Å². The smallest absolute Gasteiger partial charge is 0.321 e. The minimum absolute atomic E-state index is 0.0295. The summed E-state index contributed by atoms with van der Waals surface area (Å²) in [7, 11) is 0. The number of ether oxygens (including phenoxy) is 1. The average molecular weight is 547 g/mol. The van der Waals surface area contributed by atoms with Crippen molar-refractivity contribution in [3.63, 3.8) is 0 Å². The Morgan fingerprint density at radius 1 is 1.00 bits per heavy atom. The second kappa shape index (κ2) is 13.3. The van der Waals surface area contributed by atoms with Gasteiger partial charge < -0.3 is 20.3 Å². The number of pyridine rings is 1. The number of carbonyl (C=O) groups is 1. The van der Waals surface area contributed by atoms with Gasteiger partial charge in [0.15, 0.2) is 0 Å². The van der Waals surface area contributed by atoms with Crippen molar-refractivity contribution in [2.45, 2.75) is 76.0 Å². The van der Waals surface area contributed by atoms with Gasteiger partial charge in [-0.15, -0.1) is 0 Å². The minimum atomic E-state index is -0.0295. The summed E-state index contributed by atoms with van der Waals surface area (Å²) in [6.07, 6.45) is 11.7. The normalized spacial score (nSPS) is 22.5. The van der Waals surface area contributed by atoms with Crippen molar-refractivity contribution < 1.29 is 9.53 Å². The van der Waals surface area contributed by atoms with Crippen molar-refractivity contribution >= 4 is 23.3 Å². The summed E-state index contributed by atoms with van der Waals surface area (Å²) in [6, 6.07) is 21.1. The number of urea groups is 1. The molecule has 2 amide bonds. The number of nitrogens with one attached hydrogen (secondary N) is 2. The Kier molecular flexibility index (Phi) is 9.38. The molecule has 0 saturated carbocycles. The van der Waals surface area contributed by atoms with Gasteiger partial charge in [-0.25, -0.2) is 4.79 Å². The first-order valence-electron chi connectivity index (χ1n) is 14.3. The zero-order valence-corrected chi connectivity index (χ0v) is 23.4. The number of piperidine rings is 2. The summed E-state index contributed by atoms with van der Waals surface area (Å²) in [4.78, 5) is 18.6. The van der Waals surface area contributed by atoms with Crippen LogP contribution in [-0.2, 0) is 6.42 Å². The summed E-state index contributed by atoms with van der Waals surface area (Å²) in [5.74, 6) is 1.37. The van der Waals surface area contributed by atoms with Crippen LogP contribution in [0.2, 0.25) is 5.02 Å². The number of amides is 2. The third kappa shape index (κ3) is 7.74. The van der Waals surface area contributed by atoms with Gasteiger partial charge >= 0.3 is 6.03 Å². The number of carbonyl (C=O) groups excluding carboxylic acids is 1. The number of likely N-dealkylation sites (tertiary alicyclic amines) is 1. The molecular formula is C32H39ClN4O2. The van der Waals surface area contributed by atoms with Crippen LogP contribution in [0.4, 0.5) is 10.5 Å². The quantitative estimate of drug-likeness (QED) is 0.359. The van der Waals surface area contributed by atoms with Crippen LogP contribution in [0.5, 0.6) is 5.75 Å². The minimum Gasteiger partial charge on any atom is -0.490 e. The highest BCUT2D eigenvalue weighted by molar-refractivity contribution is 6.30. The van der Waals surface area contributed by atoms with Gasteiger partial charge in [0.05, 0.1) is 0 Å². The average Bonchev–Trinajstić information content (AvgIpc) is 3.33. The molecule has 2 bridgehead atoms. The highest BCUT2D eigenvalue weighted by atomic mass is 35.5. The molecule has 39 heavy (non-hydrogen) atoms. The van der Waals surface area contributed by atoms with E-state index in [1.165, 1.54) is 24.0 Å². The molecule has 7 heteroatoms. The Morgan fingerprint density at radius 2 is 1.69 bits per heavy atom. The number of halogens is 1. The fraction of sp³-hybridized carbons (Fsp3) is 0.438. The predicted molar refractivity (Wildman–Crippen MR) is 158 cm³/mol. The summed E-state index contributed by atoms with van der Waals surface area (Å²) in [6.45, 7) is 3.65. The van der Waals surface area contributed by atoms with E-state index in [9.17, 15) is 4.79 Å². The number of fused-ring (bicyclic) bond motifs is 2. The molecule has 2 aromatic carbocycles. The molecule has 1 unspecified atom stereocenters. The maximum atomic E-state index is 12.7. The summed E-state index contributed by atoms with van der Waals surface area (Å²) in [5.41, 5.74) is 3.41.